The van der Waals surface area contributed by atoms with Gasteiger partial charge in [0, 0.05) is 19.5 Å². The fraction of sp³-hybridized carbons (Fsp3) is 0.409. The number of amides is 1. The molecule has 7 nitrogen and oxygen atoms in total. The summed E-state index contributed by atoms with van der Waals surface area (Å²) in [6, 6.07) is 9.76. The largest absolute Gasteiger partial charge is 0.497 e. The molecule has 2 aromatic heterocycles. The monoisotopic (exact) mass is 428 g/mol. The molecule has 1 atom stereocenters. The number of ether oxygens (including phenoxy) is 1. The van der Waals surface area contributed by atoms with E-state index in [1.165, 1.54) is 22.2 Å². The van der Waals surface area contributed by atoms with Gasteiger partial charge in [-0.2, -0.15) is 0 Å². The summed E-state index contributed by atoms with van der Waals surface area (Å²) in [7, 11) is 1.65. The predicted molar refractivity (Wildman–Crippen MR) is 120 cm³/mol. The molecular weight excluding hydrogens is 400 g/mol. The summed E-state index contributed by atoms with van der Waals surface area (Å²) in [6.07, 6.45) is 1.74. The van der Waals surface area contributed by atoms with Crippen LogP contribution >= 0.6 is 11.3 Å². The minimum atomic E-state index is -0.105. The van der Waals surface area contributed by atoms with Gasteiger partial charge in [-0.05, 0) is 42.2 Å². The summed E-state index contributed by atoms with van der Waals surface area (Å²) in [4.78, 5) is 32.3. The summed E-state index contributed by atoms with van der Waals surface area (Å²) >= 11 is 1.44. The lowest BCUT2D eigenvalue weighted by Crippen LogP contribution is -2.38. The Morgan fingerprint density at radius 3 is 2.83 bits per heavy atom. The van der Waals surface area contributed by atoms with Crippen LogP contribution in [0.2, 0.25) is 0 Å². The summed E-state index contributed by atoms with van der Waals surface area (Å²) in [5, 5.41) is 5.48. The van der Waals surface area contributed by atoms with Crippen LogP contribution in [-0.4, -0.2) is 47.1 Å². The lowest BCUT2D eigenvalue weighted by atomic mass is 10.0. The van der Waals surface area contributed by atoms with Crippen molar-refractivity contribution in [3.05, 3.63) is 58.0 Å². The molecule has 1 amide bonds. The Bertz CT molecular complexity index is 1040. The zero-order chi connectivity index (χ0) is 21.5. The fourth-order valence-electron chi connectivity index (χ4n) is 3.54. The third kappa shape index (κ3) is 5.06. The van der Waals surface area contributed by atoms with E-state index in [1.807, 2.05) is 23.6 Å². The van der Waals surface area contributed by atoms with Crippen molar-refractivity contribution < 1.29 is 9.53 Å². The van der Waals surface area contributed by atoms with Gasteiger partial charge in [0.1, 0.15) is 10.6 Å². The molecule has 0 radical (unpaired) electrons. The molecule has 0 saturated heterocycles. The molecule has 3 aromatic rings. The van der Waals surface area contributed by atoms with Gasteiger partial charge in [-0.25, -0.2) is 4.98 Å². The van der Waals surface area contributed by atoms with Crippen LogP contribution in [0.25, 0.3) is 10.2 Å². The molecule has 0 spiro atoms. The minimum absolute atomic E-state index is 0.0468. The number of carbonyl (C=O) groups excluding carboxylic acids is 1. The molecule has 0 saturated carbocycles. The maximum atomic E-state index is 12.5. The molecule has 0 aliphatic heterocycles. The molecule has 0 fully saturated rings. The van der Waals surface area contributed by atoms with Crippen molar-refractivity contribution in [1.82, 2.24) is 19.8 Å². The summed E-state index contributed by atoms with van der Waals surface area (Å²) in [6.45, 7) is 6.76. The van der Waals surface area contributed by atoms with E-state index in [0.29, 0.717) is 18.5 Å². The van der Waals surface area contributed by atoms with Gasteiger partial charge >= 0.3 is 0 Å². The number of hydrogen-bond acceptors (Lipinski definition) is 6. The van der Waals surface area contributed by atoms with Crippen LogP contribution in [0.5, 0.6) is 5.75 Å². The second-order valence-corrected chi connectivity index (χ2v) is 7.84. The minimum Gasteiger partial charge on any atom is -0.497 e. The maximum absolute atomic E-state index is 12.5. The van der Waals surface area contributed by atoms with Crippen LogP contribution in [-0.2, 0) is 11.3 Å². The number of nitrogens with one attached hydrogen (secondary N) is 1. The second kappa shape index (κ2) is 10.4. The fourth-order valence-corrected chi connectivity index (χ4v) is 4.27. The molecule has 30 heavy (non-hydrogen) atoms. The number of rotatable bonds is 10. The zero-order valence-corrected chi connectivity index (χ0v) is 18.4. The van der Waals surface area contributed by atoms with Crippen LogP contribution in [0.3, 0.4) is 0 Å². The summed E-state index contributed by atoms with van der Waals surface area (Å²) in [5.41, 5.74) is 0.994. The van der Waals surface area contributed by atoms with E-state index in [0.717, 1.165) is 29.2 Å². The Balaban J connectivity index is 1.64. The van der Waals surface area contributed by atoms with Crippen molar-refractivity contribution in [1.29, 1.82) is 0 Å². The van der Waals surface area contributed by atoms with Gasteiger partial charge in [-0.1, -0.05) is 26.0 Å². The molecule has 1 aromatic carbocycles. The smallest absolute Gasteiger partial charge is 0.262 e. The molecule has 8 heteroatoms. The number of methoxy groups -OCH3 is 1. The molecule has 160 valence electrons. The number of likely N-dealkylation sites (N-methyl/N-ethyl adjacent to an activating group) is 1. The van der Waals surface area contributed by atoms with E-state index < -0.39 is 0 Å². The molecule has 3 rings (SSSR count). The van der Waals surface area contributed by atoms with Gasteiger partial charge < -0.3 is 10.1 Å². The van der Waals surface area contributed by atoms with E-state index in [9.17, 15) is 9.59 Å². The van der Waals surface area contributed by atoms with Crippen LogP contribution < -0.4 is 15.6 Å². The third-order valence-corrected chi connectivity index (χ3v) is 6.08. The number of hydrogen-bond donors (Lipinski definition) is 1. The Kier molecular flexibility index (Phi) is 7.59. The van der Waals surface area contributed by atoms with Gasteiger partial charge in [0.25, 0.3) is 5.56 Å². The summed E-state index contributed by atoms with van der Waals surface area (Å²) < 4.78 is 6.86. The Hall–Kier alpha value is -2.71. The molecule has 0 aliphatic carbocycles. The standard InChI is InChI=1S/C22H28N4O3S/c1-4-25(5-2)19(16-7-6-8-17(13-16)29-3)14-23-20(27)9-11-26-15-24-21-18(22(26)28)10-12-30-21/h6-8,10,12-13,15,19H,4-5,9,11,14H2,1-3H3,(H,23,27)/t19-/m1/s1. The Morgan fingerprint density at radius 2 is 2.10 bits per heavy atom. The lowest BCUT2D eigenvalue weighted by Gasteiger charge is -2.30. The topological polar surface area (TPSA) is 76.5 Å². The number of aromatic nitrogens is 2. The van der Waals surface area contributed by atoms with Crippen molar-refractivity contribution in [2.24, 2.45) is 0 Å². The summed E-state index contributed by atoms with van der Waals surface area (Å²) in [5.74, 6) is 0.707. The van der Waals surface area contributed by atoms with Gasteiger partial charge in [-0.3, -0.25) is 19.1 Å². The normalized spacial score (nSPS) is 12.3. The molecule has 0 bridgehead atoms. The van der Waals surface area contributed by atoms with Crippen molar-refractivity contribution in [3.8, 4) is 5.75 Å². The highest BCUT2D eigenvalue weighted by atomic mass is 32.1. The number of carbonyl (C=O) groups is 1. The molecule has 0 unspecified atom stereocenters. The number of thiophene rings is 1. The number of benzene rings is 1. The van der Waals surface area contributed by atoms with E-state index in [-0.39, 0.29) is 23.9 Å². The van der Waals surface area contributed by atoms with Gasteiger partial charge in [0.15, 0.2) is 0 Å². The number of fused-ring (bicyclic) bond motifs is 1. The highest BCUT2D eigenvalue weighted by Gasteiger charge is 2.19. The average molecular weight is 429 g/mol. The zero-order valence-electron chi connectivity index (χ0n) is 17.6. The molecule has 2 heterocycles. The molecule has 1 N–H and O–H groups in total. The third-order valence-electron chi connectivity index (χ3n) is 5.25. The van der Waals surface area contributed by atoms with E-state index in [2.05, 4.69) is 35.1 Å². The SMILES string of the molecule is CCN(CC)[C@H](CNC(=O)CCn1cnc2sccc2c1=O)c1cccc(OC)c1. The van der Waals surface area contributed by atoms with Crippen LogP contribution in [0.1, 0.15) is 31.9 Å². The first-order valence-corrected chi connectivity index (χ1v) is 11.0. The van der Waals surface area contributed by atoms with Crippen molar-refractivity contribution in [2.45, 2.75) is 32.9 Å². The first-order chi connectivity index (χ1) is 14.6. The highest BCUT2D eigenvalue weighted by Crippen LogP contribution is 2.23. The van der Waals surface area contributed by atoms with Gasteiger partial charge in [0.05, 0.1) is 24.9 Å². The van der Waals surface area contributed by atoms with Crippen LogP contribution in [0.4, 0.5) is 0 Å². The average Bonchev–Trinajstić information content (AvgIpc) is 3.26. The first-order valence-electron chi connectivity index (χ1n) is 10.1. The van der Waals surface area contributed by atoms with Crippen molar-refractivity contribution >= 4 is 27.5 Å². The van der Waals surface area contributed by atoms with E-state index in [1.54, 1.807) is 13.2 Å². The lowest BCUT2D eigenvalue weighted by molar-refractivity contribution is -0.121. The maximum Gasteiger partial charge on any atom is 0.262 e. The Labute approximate surface area is 180 Å². The van der Waals surface area contributed by atoms with Crippen LogP contribution in [0.15, 0.2) is 46.8 Å². The van der Waals surface area contributed by atoms with Gasteiger partial charge in [-0.15, -0.1) is 11.3 Å². The van der Waals surface area contributed by atoms with Crippen molar-refractivity contribution in [2.75, 3.05) is 26.7 Å². The molecular formula is C22H28N4O3S. The highest BCUT2D eigenvalue weighted by molar-refractivity contribution is 7.16. The quantitative estimate of drug-likeness (QED) is 0.537. The predicted octanol–water partition coefficient (Wildman–Crippen LogP) is 3.06. The van der Waals surface area contributed by atoms with E-state index in [4.69, 9.17) is 4.74 Å². The number of nitrogens with zero attached hydrogens (tertiary/aromatic N) is 3. The van der Waals surface area contributed by atoms with Crippen LogP contribution in [0, 0.1) is 0 Å². The van der Waals surface area contributed by atoms with E-state index >= 15 is 0 Å². The van der Waals surface area contributed by atoms with Gasteiger partial charge in [0.2, 0.25) is 5.91 Å². The van der Waals surface area contributed by atoms with Crippen molar-refractivity contribution in [3.63, 3.8) is 0 Å². The first kappa shape index (κ1) is 22.0. The second-order valence-electron chi connectivity index (χ2n) is 6.95. The number of aryl methyl sites for hydroxylation is 1. The molecule has 0 aliphatic rings. The Morgan fingerprint density at radius 1 is 1.30 bits per heavy atom.